The lowest BCUT2D eigenvalue weighted by molar-refractivity contribution is 0.182. The van der Waals surface area contributed by atoms with Crippen molar-refractivity contribution < 1.29 is 12.6 Å². The number of hydrogen-bond donors (Lipinski definition) is 1. The summed E-state index contributed by atoms with van der Waals surface area (Å²) in [5.74, 6) is 0.319. The normalized spacial score (nSPS) is 12.9. The molecule has 2 aromatic rings. The van der Waals surface area contributed by atoms with Gasteiger partial charge in [-0.3, -0.25) is 4.90 Å². The zero-order chi connectivity index (χ0) is 25.5. The van der Waals surface area contributed by atoms with Crippen molar-refractivity contribution in [2.24, 2.45) is 0 Å². The van der Waals surface area contributed by atoms with Crippen LogP contribution in [0, 0.1) is 6.92 Å². The molecule has 0 aliphatic rings. The highest BCUT2D eigenvalue weighted by atomic mass is 32.2. The molecule has 34 heavy (non-hydrogen) atoms. The molecule has 0 saturated carbocycles. The second-order valence-corrected chi connectivity index (χ2v) is 11.9. The number of aryl methyl sites for hydroxylation is 1. The minimum absolute atomic E-state index is 0.136. The first-order chi connectivity index (χ1) is 15.9. The SMILES string of the molecule is CCC(C)=C(C)Sc1cc(OS(=O)(=O)c2ccc(NCCN(C(C)C)C(C)C)cc2)ccc1C. The van der Waals surface area contributed by atoms with E-state index in [1.165, 1.54) is 10.5 Å². The van der Waals surface area contributed by atoms with Crippen molar-refractivity contribution in [3.05, 3.63) is 58.5 Å². The summed E-state index contributed by atoms with van der Waals surface area (Å²) in [5.41, 5.74) is 3.29. The summed E-state index contributed by atoms with van der Waals surface area (Å²) < 4.78 is 31.2. The third kappa shape index (κ3) is 8.07. The van der Waals surface area contributed by atoms with Crippen LogP contribution in [-0.4, -0.2) is 38.5 Å². The number of allylic oxidation sites excluding steroid dienone is 2. The molecule has 0 aromatic heterocycles. The van der Waals surface area contributed by atoms with Crippen molar-refractivity contribution in [1.82, 2.24) is 4.90 Å². The lowest BCUT2D eigenvalue weighted by atomic mass is 10.2. The van der Waals surface area contributed by atoms with E-state index >= 15 is 0 Å². The molecule has 0 saturated heterocycles. The van der Waals surface area contributed by atoms with Crippen LogP contribution in [0.1, 0.15) is 60.5 Å². The number of benzene rings is 2. The average molecular weight is 505 g/mol. The molecule has 5 nitrogen and oxygen atoms in total. The van der Waals surface area contributed by atoms with E-state index in [9.17, 15) is 8.42 Å². The van der Waals surface area contributed by atoms with Crippen molar-refractivity contribution in [2.45, 2.75) is 83.7 Å². The highest BCUT2D eigenvalue weighted by Crippen LogP contribution is 2.34. The van der Waals surface area contributed by atoms with E-state index in [1.807, 2.05) is 13.0 Å². The van der Waals surface area contributed by atoms with Gasteiger partial charge in [0.15, 0.2) is 0 Å². The Morgan fingerprint density at radius 3 is 2.21 bits per heavy atom. The van der Waals surface area contributed by atoms with Gasteiger partial charge in [-0.25, -0.2) is 0 Å². The summed E-state index contributed by atoms with van der Waals surface area (Å²) in [6.45, 7) is 18.8. The fourth-order valence-electron chi connectivity index (χ4n) is 3.60. The quantitative estimate of drug-likeness (QED) is 0.246. The summed E-state index contributed by atoms with van der Waals surface area (Å²) >= 11 is 1.65. The maximum Gasteiger partial charge on any atom is 0.339 e. The molecule has 0 amide bonds. The minimum atomic E-state index is -3.92. The fraction of sp³-hybridized carbons (Fsp3) is 0.481. The zero-order valence-corrected chi connectivity index (χ0v) is 23.4. The predicted octanol–water partition coefficient (Wildman–Crippen LogP) is 7.09. The molecule has 7 heteroatoms. The highest BCUT2D eigenvalue weighted by Gasteiger charge is 2.18. The summed E-state index contributed by atoms with van der Waals surface area (Å²) in [6.07, 6.45) is 0.987. The van der Waals surface area contributed by atoms with E-state index in [0.29, 0.717) is 17.8 Å². The summed E-state index contributed by atoms with van der Waals surface area (Å²) in [7, 11) is -3.92. The van der Waals surface area contributed by atoms with Gasteiger partial charge < -0.3 is 9.50 Å². The molecule has 0 aliphatic heterocycles. The molecule has 0 unspecified atom stereocenters. The van der Waals surface area contributed by atoms with Crippen LogP contribution >= 0.6 is 11.8 Å². The number of nitrogens with zero attached hydrogens (tertiary/aromatic N) is 1. The number of anilines is 1. The Balaban J connectivity index is 2.07. The van der Waals surface area contributed by atoms with E-state index in [2.05, 4.69) is 58.7 Å². The van der Waals surface area contributed by atoms with Crippen molar-refractivity contribution in [3.63, 3.8) is 0 Å². The van der Waals surface area contributed by atoms with Crippen LogP contribution < -0.4 is 9.50 Å². The third-order valence-electron chi connectivity index (χ3n) is 5.93. The Bertz CT molecular complexity index is 1070. The van der Waals surface area contributed by atoms with Gasteiger partial charge in [0.1, 0.15) is 10.6 Å². The molecule has 0 spiro atoms. The molecule has 0 fully saturated rings. The first-order valence-electron chi connectivity index (χ1n) is 11.9. The predicted molar refractivity (Wildman–Crippen MR) is 145 cm³/mol. The Labute approximate surface area is 211 Å². The van der Waals surface area contributed by atoms with Crippen molar-refractivity contribution >= 4 is 27.6 Å². The van der Waals surface area contributed by atoms with E-state index in [4.69, 9.17) is 4.18 Å². The summed E-state index contributed by atoms with van der Waals surface area (Å²) in [6, 6.07) is 13.1. The molecule has 0 aliphatic carbocycles. The molecule has 0 bridgehead atoms. The van der Waals surface area contributed by atoms with Crippen molar-refractivity contribution in [1.29, 1.82) is 0 Å². The number of rotatable bonds is 12. The second kappa shape index (κ2) is 12.7. The first-order valence-corrected chi connectivity index (χ1v) is 14.2. The maximum absolute atomic E-state index is 12.9. The molecule has 2 rings (SSSR count). The van der Waals surface area contributed by atoms with E-state index < -0.39 is 10.1 Å². The Morgan fingerprint density at radius 2 is 1.65 bits per heavy atom. The standard InChI is InChI=1S/C27H40N2O3S2/c1-9-21(6)23(8)33-27-18-25(13-10-22(27)7)32-34(30,31)26-14-11-24(12-15-26)28-16-17-29(19(2)3)20(4)5/h10-15,18-20,28H,9,16-17H2,1-8H3. The highest BCUT2D eigenvalue weighted by molar-refractivity contribution is 8.03. The van der Waals surface area contributed by atoms with Crippen LogP contribution in [0.2, 0.25) is 0 Å². The molecular formula is C27H40N2O3S2. The lowest BCUT2D eigenvalue weighted by Gasteiger charge is -2.30. The van der Waals surface area contributed by atoms with Crippen molar-refractivity contribution in [3.8, 4) is 5.75 Å². The number of thioether (sulfide) groups is 1. The third-order valence-corrected chi connectivity index (χ3v) is 8.50. The van der Waals surface area contributed by atoms with Gasteiger partial charge in [0, 0.05) is 35.8 Å². The smallest absolute Gasteiger partial charge is 0.339 e. The fourth-order valence-corrected chi connectivity index (χ4v) is 5.57. The van der Waals surface area contributed by atoms with Gasteiger partial charge in [0.25, 0.3) is 0 Å². The van der Waals surface area contributed by atoms with Gasteiger partial charge in [-0.05, 0) is 102 Å². The number of hydrogen-bond acceptors (Lipinski definition) is 6. The van der Waals surface area contributed by atoms with Crippen LogP contribution in [0.5, 0.6) is 5.75 Å². The van der Waals surface area contributed by atoms with Crippen LogP contribution in [0.3, 0.4) is 0 Å². The monoisotopic (exact) mass is 504 g/mol. The largest absolute Gasteiger partial charge is 0.384 e. The molecule has 188 valence electrons. The van der Waals surface area contributed by atoms with Gasteiger partial charge in [0.05, 0.1) is 0 Å². The topological polar surface area (TPSA) is 58.6 Å². The van der Waals surface area contributed by atoms with E-state index in [-0.39, 0.29) is 4.90 Å². The first kappa shape index (κ1) is 28.3. The van der Waals surface area contributed by atoms with Gasteiger partial charge in [0.2, 0.25) is 0 Å². The number of nitrogens with one attached hydrogen (secondary N) is 1. The summed E-state index contributed by atoms with van der Waals surface area (Å²) in [5, 5.41) is 3.37. The Kier molecular flexibility index (Phi) is 10.5. The summed E-state index contributed by atoms with van der Waals surface area (Å²) in [4.78, 5) is 4.76. The van der Waals surface area contributed by atoms with E-state index in [0.717, 1.165) is 35.7 Å². The van der Waals surface area contributed by atoms with Crippen LogP contribution in [0.15, 0.2) is 62.7 Å². The molecule has 2 aromatic carbocycles. The van der Waals surface area contributed by atoms with Crippen LogP contribution in [-0.2, 0) is 10.1 Å². The molecule has 1 N–H and O–H groups in total. The van der Waals surface area contributed by atoms with Crippen LogP contribution in [0.4, 0.5) is 5.69 Å². The maximum atomic E-state index is 12.9. The minimum Gasteiger partial charge on any atom is -0.384 e. The molecule has 0 radical (unpaired) electrons. The van der Waals surface area contributed by atoms with Crippen molar-refractivity contribution in [2.75, 3.05) is 18.4 Å². The van der Waals surface area contributed by atoms with Gasteiger partial charge in [-0.1, -0.05) is 30.3 Å². The van der Waals surface area contributed by atoms with Gasteiger partial charge >= 0.3 is 10.1 Å². The Hall–Kier alpha value is -1.96. The zero-order valence-electron chi connectivity index (χ0n) is 21.8. The second-order valence-electron chi connectivity index (χ2n) is 9.13. The molecule has 0 heterocycles. The van der Waals surface area contributed by atoms with Gasteiger partial charge in [-0.2, -0.15) is 8.42 Å². The molecular weight excluding hydrogens is 464 g/mol. The Morgan fingerprint density at radius 1 is 1.03 bits per heavy atom. The molecule has 0 atom stereocenters. The average Bonchev–Trinajstić information content (AvgIpc) is 2.77. The van der Waals surface area contributed by atoms with Gasteiger partial charge in [-0.15, -0.1) is 0 Å². The van der Waals surface area contributed by atoms with E-state index in [1.54, 1.807) is 48.2 Å². The lowest BCUT2D eigenvalue weighted by Crippen LogP contribution is -2.40. The van der Waals surface area contributed by atoms with Crippen LogP contribution in [0.25, 0.3) is 0 Å².